The van der Waals surface area contributed by atoms with Gasteiger partial charge in [-0.3, -0.25) is 14.9 Å². The Labute approximate surface area is 102 Å². The molecule has 1 heterocycles. The van der Waals surface area contributed by atoms with Gasteiger partial charge in [0.05, 0.1) is 5.41 Å². The average molecular weight is 242 g/mol. The molecule has 0 bridgehead atoms. The number of carbonyl (C=O) groups is 2. The minimum Gasteiger partial charge on any atom is -0.446 e. The molecule has 0 aromatic rings. The van der Waals surface area contributed by atoms with Gasteiger partial charge in [0.25, 0.3) is 0 Å². The van der Waals surface area contributed by atoms with E-state index in [4.69, 9.17) is 4.74 Å². The van der Waals surface area contributed by atoms with Crippen LogP contribution in [-0.2, 0) is 14.3 Å². The first-order valence-corrected chi connectivity index (χ1v) is 6.06. The summed E-state index contributed by atoms with van der Waals surface area (Å²) in [6.45, 7) is 7.92. The van der Waals surface area contributed by atoms with Gasteiger partial charge >= 0.3 is 5.97 Å². The van der Waals surface area contributed by atoms with Crippen LogP contribution >= 0.6 is 0 Å². The molecule has 0 saturated carbocycles. The van der Waals surface area contributed by atoms with E-state index in [1.807, 2.05) is 27.7 Å². The third-order valence-electron chi connectivity index (χ3n) is 2.64. The van der Waals surface area contributed by atoms with Crippen LogP contribution in [0, 0.1) is 5.41 Å². The van der Waals surface area contributed by atoms with E-state index < -0.39 is 5.41 Å². The minimum absolute atomic E-state index is 0.0274. The highest BCUT2D eigenvalue weighted by Crippen LogP contribution is 2.18. The first kappa shape index (κ1) is 14.0. The van der Waals surface area contributed by atoms with Crippen LogP contribution in [-0.4, -0.2) is 30.7 Å². The second-order valence-corrected chi connectivity index (χ2v) is 5.41. The van der Waals surface area contributed by atoms with Gasteiger partial charge in [-0.2, -0.15) is 0 Å². The lowest BCUT2D eigenvalue weighted by atomic mass is 9.97. The molecule has 5 nitrogen and oxygen atoms in total. The van der Waals surface area contributed by atoms with E-state index >= 15 is 0 Å². The van der Waals surface area contributed by atoms with Crippen molar-refractivity contribution in [3.8, 4) is 0 Å². The van der Waals surface area contributed by atoms with Crippen molar-refractivity contribution < 1.29 is 14.3 Å². The fourth-order valence-corrected chi connectivity index (χ4v) is 1.53. The van der Waals surface area contributed by atoms with Crippen molar-refractivity contribution in [3.05, 3.63) is 0 Å². The fourth-order valence-electron chi connectivity index (χ4n) is 1.53. The fraction of sp³-hybridized carbons (Fsp3) is 0.833. The van der Waals surface area contributed by atoms with Crippen molar-refractivity contribution in [1.29, 1.82) is 0 Å². The van der Waals surface area contributed by atoms with Gasteiger partial charge in [-0.1, -0.05) is 6.92 Å². The number of ether oxygens (including phenoxy) is 1. The van der Waals surface area contributed by atoms with Gasteiger partial charge < -0.3 is 10.1 Å². The summed E-state index contributed by atoms with van der Waals surface area (Å²) in [4.78, 5) is 22.9. The third kappa shape index (κ3) is 4.34. The van der Waals surface area contributed by atoms with E-state index in [0.717, 1.165) is 0 Å². The zero-order chi connectivity index (χ0) is 13.1. The normalized spacial score (nSPS) is 24.5. The molecular weight excluding hydrogens is 220 g/mol. The van der Waals surface area contributed by atoms with Crippen molar-refractivity contribution >= 4 is 11.9 Å². The average Bonchev–Trinajstić information content (AvgIpc) is 2.64. The van der Waals surface area contributed by atoms with Gasteiger partial charge in [0, 0.05) is 25.4 Å². The van der Waals surface area contributed by atoms with Crippen LogP contribution in [0.4, 0.5) is 0 Å². The minimum atomic E-state index is -0.494. The molecule has 0 aromatic heterocycles. The topological polar surface area (TPSA) is 67.4 Å². The second kappa shape index (κ2) is 5.49. The molecular formula is C12H22N2O3. The van der Waals surface area contributed by atoms with Crippen LogP contribution in [0.15, 0.2) is 0 Å². The van der Waals surface area contributed by atoms with E-state index in [1.54, 1.807) is 0 Å². The van der Waals surface area contributed by atoms with E-state index in [1.165, 1.54) is 0 Å². The Kier molecular flexibility index (Phi) is 4.51. The highest BCUT2D eigenvalue weighted by Gasteiger charge is 2.31. The third-order valence-corrected chi connectivity index (χ3v) is 2.64. The molecule has 1 aliphatic rings. The van der Waals surface area contributed by atoms with Crippen LogP contribution in [0.3, 0.4) is 0 Å². The summed E-state index contributed by atoms with van der Waals surface area (Å²) in [5, 5.41) is 5.96. The summed E-state index contributed by atoms with van der Waals surface area (Å²) < 4.78 is 5.32. The van der Waals surface area contributed by atoms with Gasteiger partial charge in [0.1, 0.15) is 0 Å². The maximum absolute atomic E-state index is 11.7. The molecule has 1 fully saturated rings. The maximum atomic E-state index is 11.7. The molecule has 1 unspecified atom stereocenters. The Balaban J connectivity index is 2.36. The summed E-state index contributed by atoms with van der Waals surface area (Å²) in [5.41, 5.74) is -0.494. The lowest BCUT2D eigenvalue weighted by Crippen LogP contribution is -2.35. The Morgan fingerprint density at radius 2 is 2.06 bits per heavy atom. The SMILES string of the molecule is CCC(=O)N[C@H]1CNC(OC(=O)C(C)(C)C)C1. The highest BCUT2D eigenvalue weighted by atomic mass is 16.6. The largest absolute Gasteiger partial charge is 0.446 e. The summed E-state index contributed by atoms with van der Waals surface area (Å²) in [7, 11) is 0. The molecule has 5 heteroatoms. The van der Waals surface area contributed by atoms with Crippen molar-refractivity contribution in [1.82, 2.24) is 10.6 Å². The zero-order valence-corrected chi connectivity index (χ0v) is 11.0. The molecule has 98 valence electrons. The van der Waals surface area contributed by atoms with Crippen molar-refractivity contribution in [2.75, 3.05) is 6.54 Å². The van der Waals surface area contributed by atoms with Crippen LogP contribution in [0.25, 0.3) is 0 Å². The first-order valence-electron chi connectivity index (χ1n) is 6.06. The predicted molar refractivity (Wildman–Crippen MR) is 64.2 cm³/mol. The van der Waals surface area contributed by atoms with E-state index in [2.05, 4.69) is 10.6 Å². The molecule has 2 atom stereocenters. The number of carbonyl (C=O) groups excluding carboxylic acids is 2. The van der Waals surface area contributed by atoms with Crippen LogP contribution < -0.4 is 10.6 Å². The number of nitrogens with one attached hydrogen (secondary N) is 2. The Morgan fingerprint density at radius 1 is 1.41 bits per heavy atom. The van der Waals surface area contributed by atoms with Gasteiger partial charge in [-0.25, -0.2) is 0 Å². The molecule has 0 aromatic carbocycles. The lowest BCUT2D eigenvalue weighted by molar-refractivity contribution is -0.159. The number of rotatable bonds is 3. The summed E-state index contributed by atoms with van der Waals surface area (Å²) >= 11 is 0. The summed E-state index contributed by atoms with van der Waals surface area (Å²) in [5.74, 6) is -0.197. The van der Waals surface area contributed by atoms with Crippen molar-refractivity contribution in [2.24, 2.45) is 5.41 Å². The standard InChI is InChI=1S/C12H22N2O3/c1-5-9(15)14-8-6-10(13-7-8)17-11(16)12(2,3)4/h8,10,13H,5-7H2,1-4H3,(H,14,15)/t8-,10?/m1/s1. The predicted octanol–water partition coefficient (Wildman–Crippen LogP) is 0.790. The Morgan fingerprint density at radius 3 is 2.59 bits per heavy atom. The van der Waals surface area contributed by atoms with Gasteiger partial charge in [0.15, 0.2) is 6.23 Å². The molecule has 1 saturated heterocycles. The van der Waals surface area contributed by atoms with Crippen LogP contribution in [0.5, 0.6) is 0 Å². The maximum Gasteiger partial charge on any atom is 0.312 e. The highest BCUT2D eigenvalue weighted by molar-refractivity contribution is 5.76. The number of hydrogen-bond donors (Lipinski definition) is 2. The van der Waals surface area contributed by atoms with E-state index in [0.29, 0.717) is 19.4 Å². The first-order chi connectivity index (χ1) is 7.82. The molecule has 0 aliphatic carbocycles. The molecule has 1 amide bonds. The van der Waals surface area contributed by atoms with Crippen LogP contribution in [0.2, 0.25) is 0 Å². The smallest absolute Gasteiger partial charge is 0.312 e. The van der Waals surface area contributed by atoms with E-state index in [9.17, 15) is 9.59 Å². The molecule has 17 heavy (non-hydrogen) atoms. The second-order valence-electron chi connectivity index (χ2n) is 5.41. The quantitative estimate of drug-likeness (QED) is 0.718. The molecule has 0 radical (unpaired) electrons. The number of amides is 1. The van der Waals surface area contributed by atoms with Gasteiger partial charge in [-0.15, -0.1) is 0 Å². The number of esters is 1. The van der Waals surface area contributed by atoms with E-state index in [-0.39, 0.29) is 24.1 Å². The Bertz CT molecular complexity index is 297. The summed E-state index contributed by atoms with van der Waals surface area (Å²) in [6, 6.07) is 0.0558. The van der Waals surface area contributed by atoms with Crippen molar-refractivity contribution in [3.63, 3.8) is 0 Å². The van der Waals surface area contributed by atoms with Crippen molar-refractivity contribution in [2.45, 2.75) is 52.8 Å². The lowest BCUT2D eigenvalue weighted by Gasteiger charge is -2.20. The monoisotopic (exact) mass is 242 g/mol. The van der Waals surface area contributed by atoms with Gasteiger partial charge in [-0.05, 0) is 20.8 Å². The Hall–Kier alpha value is -1.10. The zero-order valence-electron chi connectivity index (χ0n) is 11.0. The van der Waals surface area contributed by atoms with Gasteiger partial charge in [0.2, 0.25) is 5.91 Å². The summed E-state index contributed by atoms with van der Waals surface area (Å²) in [6.07, 6.45) is 0.820. The molecule has 0 spiro atoms. The molecule has 1 aliphatic heterocycles. The number of hydrogen-bond acceptors (Lipinski definition) is 4. The van der Waals surface area contributed by atoms with Crippen LogP contribution in [0.1, 0.15) is 40.5 Å². The molecule has 2 N–H and O–H groups in total. The molecule has 1 rings (SSSR count).